The standard InChI is InChI=1S/C25H19F2N3O3S2/c1-30-9-8-15-10-16(2-4-20(15)25(30)31)22-5-6-23(34-22)17-11-19(14-28-13-17)29-35(32,33)24-7-3-18(26)12-21(24)27/h2-7,10-14,29H,8-9H2,1H3/p+1. The number of halogens is 2. The van der Waals surface area contributed by atoms with E-state index in [0.29, 0.717) is 12.6 Å². The first kappa shape index (κ1) is 23.1. The van der Waals surface area contributed by atoms with Crippen molar-refractivity contribution in [3.05, 3.63) is 89.8 Å². The van der Waals surface area contributed by atoms with Gasteiger partial charge in [-0.3, -0.25) is 9.52 Å². The topological polar surface area (TPSA) is 80.6 Å². The molecule has 0 saturated carbocycles. The van der Waals surface area contributed by atoms with Crippen molar-refractivity contribution in [2.24, 2.45) is 0 Å². The van der Waals surface area contributed by atoms with Crippen LogP contribution >= 0.6 is 11.3 Å². The minimum atomic E-state index is -4.25. The number of benzene rings is 2. The molecule has 10 heteroatoms. The van der Waals surface area contributed by atoms with E-state index in [-0.39, 0.29) is 11.6 Å². The molecule has 0 radical (unpaired) electrons. The summed E-state index contributed by atoms with van der Waals surface area (Å²) in [5, 5.41) is 0. The molecule has 0 saturated heterocycles. The summed E-state index contributed by atoms with van der Waals surface area (Å²) in [5.74, 6) is -2.00. The number of carbonyl (C=O) groups is 1. The molecule has 2 aromatic heterocycles. The molecule has 0 aliphatic carbocycles. The number of rotatable bonds is 5. The third-order valence-electron chi connectivity index (χ3n) is 5.80. The Morgan fingerprint density at radius 3 is 2.51 bits per heavy atom. The highest BCUT2D eigenvalue weighted by Gasteiger charge is 2.23. The molecule has 178 valence electrons. The van der Waals surface area contributed by atoms with E-state index in [0.717, 1.165) is 50.6 Å². The summed E-state index contributed by atoms with van der Waals surface area (Å²) in [4.78, 5) is 18.2. The van der Waals surface area contributed by atoms with Crippen LogP contribution in [0.25, 0.3) is 20.9 Å². The van der Waals surface area contributed by atoms with Crippen molar-refractivity contribution in [1.29, 1.82) is 0 Å². The molecule has 0 unspecified atom stereocenters. The van der Waals surface area contributed by atoms with E-state index in [9.17, 15) is 22.0 Å². The maximum absolute atomic E-state index is 14.0. The van der Waals surface area contributed by atoms with Gasteiger partial charge in [-0.05, 0) is 60.0 Å². The van der Waals surface area contributed by atoms with Gasteiger partial charge in [-0.25, -0.2) is 22.2 Å². The van der Waals surface area contributed by atoms with E-state index >= 15 is 0 Å². The lowest BCUT2D eigenvalue weighted by Crippen LogP contribution is -2.34. The molecule has 0 fully saturated rings. The van der Waals surface area contributed by atoms with Crippen LogP contribution < -0.4 is 9.71 Å². The van der Waals surface area contributed by atoms with Gasteiger partial charge >= 0.3 is 0 Å². The average Bonchev–Trinajstić information content (AvgIpc) is 3.31. The lowest BCUT2D eigenvalue weighted by atomic mass is 9.96. The number of nitrogens with one attached hydrogen (secondary N) is 2. The van der Waals surface area contributed by atoms with Gasteiger partial charge in [-0.2, -0.15) is 0 Å². The molecule has 0 atom stereocenters. The number of thiophene rings is 1. The number of aromatic nitrogens is 1. The van der Waals surface area contributed by atoms with Gasteiger partial charge in [0.25, 0.3) is 15.9 Å². The third kappa shape index (κ3) is 4.54. The van der Waals surface area contributed by atoms with Crippen LogP contribution in [0.15, 0.2) is 71.9 Å². The number of amides is 1. The van der Waals surface area contributed by atoms with Crippen molar-refractivity contribution in [3.8, 4) is 20.9 Å². The Labute approximate surface area is 204 Å². The van der Waals surface area contributed by atoms with E-state index < -0.39 is 26.6 Å². The van der Waals surface area contributed by atoms with Crippen molar-refractivity contribution in [3.63, 3.8) is 0 Å². The van der Waals surface area contributed by atoms with Gasteiger partial charge in [0, 0.05) is 35.0 Å². The molecule has 3 heterocycles. The number of pyridine rings is 1. The molecule has 1 amide bonds. The van der Waals surface area contributed by atoms with Crippen LogP contribution in [0, 0.1) is 11.6 Å². The first-order valence-electron chi connectivity index (χ1n) is 10.7. The Kier molecular flexibility index (Phi) is 5.86. The van der Waals surface area contributed by atoms with Gasteiger partial charge in [0.2, 0.25) is 0 Å². The Hall–Kier alpha value is -3.63. The number of nitrogens with zero attached hydrogens (tertiary/aromatic N) is 1. The SMILES string of the molecule is CN1CCc2cc(-c3ccc(-c4c[nH+]cc(NS(=O)(=O)c5ccc(F)cc5F)c4)s3)ccc2C1=O. The minimum absolute atomic E-state index is 0.0278. The van der Waals surface area contributed by atoms with E-state index in [2.05, 4.69) is 9.71 Å². The summed E-state index contributed by atoms with van der Waals surface area (Å²) in [7, 11) is -2.46. The number of H-pyrrole nitrogens is 1. The van der Waals surface area contributed by atoms with Crippen LogP contribution in [0.2, 0.25) is 0 Å². The summed E-state index contributed by atoms with van der Waals surface area (Å²) in [6.45, 7) is 0.686. The minimum Gasteiger partial charge on any atom is -0.341 e. The number of hydrogen-bond donors (Lipinski definition) is 1. The fourth-order valence-corrected chi connectivity index (χ4v) is 6.07. The lowest BCUT2D eigenvalue weighted by Gasteiger charge is -2.25. The average molecular weight is 513 g/mol. The first-order valence-corrected chi connectivity index (χ1v) is 13.0. The summed E-state index contributed by atoms with van der Waals surface area (Å²) >= 11 is 1.52. The maximum Gasteiger partial charge on any atom is 0.265 e. The van der Waals surface area contributed by atoms with Gasteiger partial charge in [-0.15, -0.1) is 11.3 Å². The zero-order valence-corrected chi connectivity index (χ0v) is 20.1. The summed E-state index contributed by atoms with van der Waals surface area (Å²) in [6, 6.07) is 13.7. The molecule has 5 rings (SSSR count). The molecule has 6 nitrogen and oxygen atoms in total. The Morgan fingerprint density at radius 1 is 0.971 bits per heavy atom. The summed E-state index contributed by atoms with van der Waals surface area (Å²) in [6.07, 6.45) is 3.97. The van der Waals surface area contributed by atoms with E-state index in [4.69, 9.17) is 0 Å². The van der Waals surface area contributed by atoms with Crippen molar-refractivity contribution in [1.82, 2.24) is 4.90 Å². The molecule has 0 spiro atoms. The highest BCUT2D eigenvalue weighted by molar-refractivity contribution is 7.92. The van der Waals surface area contributed by atoms with E-state index in [1.54, 1.807) is 24.2 Å². The first-order chi connectivity index (χ1) is 16.7. The lowest BCUT2D eigenvalue weighted by molar-refractivity contribution is -0.376. The van der Waals surface area contributed by atoms with Gasteiger partial charge in [-0.1, -0.05) is 6.07 Å². The fraction of sp³-hybridized carbons (Fsp3) is 0.120. The zero-order chi connectivity index (χ0) is 24.7. The van der Waals surface area contributed by atoms with Crippen LogP contribution in [0.4, 0.5) is 14.5 Å². The molecule has 4 aromatic rings. The number of carbonyl (C=O) groups excluding carboxylic acids is 1. The number of fused-ring (bicyclic) bond motifs is 1. The molecule has 35 heavy (non-hydrogen) atoms. The predicted octanol–water partition coefficient (Wildman–Crippen LogP) is 4.60. The van der Waals surface area contributed by atoms with Crippen molar-refractivity contribution in [2.75, 3.05) is 18.3 Å². The molecule has 1 aliphatic heterocycles. The van der Waals surface area contributed by atoms with Gasteiger partial charge in [0.15, 0.2) is 12.4 Å². The molecule has 1 aliphatic rings. The molecule has 0 bridgehead atoms. The fourth-order valence-electron chi connectivity index (χ4n) is 3.98. The molecule has 2 aromatic carbocycles. The van der Waals surface area contributed by atoms with Crippen LogP contribution in [-0.2, 0) is 16.4 Å². The van der Waals surface area contributed by atoms with Crippen LogP contribution in [0.3, 0.4) is 0 Å². The van der Waals surface area contributed by atoms with Crippen LogP contribution in [0.1, 0.15) is 15.9 Å². The second-order valence-electron chi connectivity index (χ2n) is 8.20. The van der Waals surface area contributed by atoms with E-state index in [1.165, 1.54) is 17.5 Å². The molecular formula is C25H20F2N3O3S2+. The second kappa shape index (κ2) is 8.86. The van der Waals surface area contributed by atoms with Gasteiger partial charge in [0.1, 0.15) is 22.2 Å². The second-order valence-corrected chi connectivity index (χ2v) is 10.9. The van der Waals surface area contributed by atoms with Crippen LogP contribution in [-0.4, -0.2) is 32.8 Å². The van der Waals surface area contributed by atoms with Crippen LogP contribution in [0.5, 0.6) is 0 Å². The smallest absolute Gasteiger partial charge is 0.265 e. The quantitative estimate of drug-likeness (QED) is 0.424. The Bertz CT molecular complexity index is 1570. The number of hydrogen-bond acceptors (Lipinski definition) is 4. The highest BCUT2D eigenvalue weighted by Crippen LogP contribution is 2.36. The number of likely N-dealkylation sites (N-methyl/N-ethyl adjacent to an activating group) is 1. The van der Waals surface area contributed by atoms with E-state index in [1.807, 2.05) is 30.3 Å². The normalized spacial score (nSPS) is 13.6. The number of anilines is 1. The van der Waals surface area contributed by atoms with Gasteiger partial charge < -0.3 is 4.90 Å². The highest BCUT2D eigenvalue weighted by atomic mass is 32.2. The largest absolute Gasteiger partial charge is 0.341 e. The number of aromatic amines is 1. The Morgan fingerprint density at radius 2 is 1.74 bits per heavy atom. The monoisotopic (exact) mass is 512 g/mol. The van der Waals surface area contributed by atoms with Crippen molar-refractivity contribution >= 4 is 33.0 Å². The maximum atomic E-state index is 14.0. The van der Waals surface area contributed by atoms with Gasteiger partial charge in [0.05, 0.1) is 5.56 Å². The molecular weight excluding hydrogens is 492 g/mol. The van der Waals surface area contributed by atoms with Crippen molar-refractivity contribution in [2.45, 2.75) is 11.3 Å². The summed E-state index contributed by atoms with van der Waals surface area (Å²) < 4.78 is 54.8. The number of sulfonamides is 1. The molecule has 2 N–H and O–H groups in total. The van der Waals surface area contributed by atoms with Crippen molar-refractivity contribution < 1.29 is 27.0 Å². The summed E-state index contributed by atoms with van der Waals surface area (Å²) in [5.41, 5.74) is 3.70. The predicted molar refractivity (Wildman–Crippen MR) is 130 cm³/mol. The zero-order valence-electron chi connectivity index (χ0n) is 18.5. The third-order valence-corrected chi connectivity index (χ3v) is 8.40. The Balaban J connectivity index is 1.40.